The van der Waals surface area contributed by atoms with E-state index in [0.29, 0.717) is 11.3 Å². The van der Waals surface area contributed by atoms with E-state index in [1.54, 1.807) is 0 Å². The van der Waals surface area contributed by atoms with Gasteiger partial charge in [-0.2, -0.15) is 23.1 Å². The third-order valence-corrected chi connectivity index (χ3v) is 3.26. The Hall–Kier alpha value is -2.63. The van der Waals surface area contributed by atoms with Crippen molar-refractivity contribution in [3.8, 4) is 16.9 Å². The Labute approximate surface area is 125 Å². The molecule has 112 valence electrons. The van der Waals surface area contributed by atoms with Crippen LogP contribution in [0.3, 0.4) is 0 Å². The molecule has 0 aliphatic heterocycles. The fourth-order valence-electron chi connectivity index (χ4n) is 2.03. The molecule has 0 atom stereocenters. The van der Waals surface area contributed by atoms with Crippen molar-refractivity contribution in [2.45, 2.75) is 13.1 Å². The summed E-state index contributed by atoms with van der Waals surface area (Å²) in [6, 6.07) is 12.5. The van der Waals surface area contributed by atoms with Crippen LogP contribution in [0.5, 0.6) is 0 Å². The van der Waals surface area contributed by atoms with Gasteiger partial charge in [0.25, 0.3) is 0 Å². The van der Waals surface area contributed by atoms with Crippen LogP contribution in [0.25, 0.3) is 16.9 Å². The van der Waals surface area contributed by atoms with Crippen LogP contribution in [0.4, 0.5) is 13.2 Å². The van der Waals surface area contributed by atoms with Crippen LogP contribution in [0.2, 0.25) is 0 Å². The summed E-state index contributed by atoms with van der Waals surface area (Å²) in [6.45, 7) is 1.98. The minimum absolute atomic E-state index is 0.522. The molecule has 0 radical (unpaired) electrons. The highest BCUT2D eigenvalue weighted by Crippen LogP contribution is 2.30. The van der Waals surface area contributed by atoms with Crippen molar-refractivity contribution in [3.63, 3.8) is 0 Å². The van der Waals surface area contributed by atoms with Crippen LogP contribution in [0.1, 0.15) is 11.1 Å². The molecule has 0 spiro atoms. The summed E-state index contributed by atoms with van der Waals surface area (Å²) < 4.78 is 37.6. The van der Waals surface area contributed by atoms with Crippen molar-refractivity contribution in [2.24, 2.45) is 0 Å². The van der Waals surface area contributed by atoms with Gasteiger partial charge in [0.2, 0.25) is 0 Å². The topological polar surface area (TPSA) is 30.7 Å². The SMILES string of the molecule is Cc1ccc(-n2ncc(-c3ccc(C(F)(F)F)cc3)n2)cc1. The second-order valence-electron chi connectivity index (χ2n) is 4.93. The molecular formula is C16H12F3N3. The van der Waals surface area contributed by atoms with E-state index in [1.165, 1.54) is 23.1 Å². The van der Waals surface area contributed by atoms with Gasteiger partial charge in [-0.3, -0.25) is 0 Å². The van der Waals surface area contributed by atoms with Gasteiger partial charge in [0.15, 0.2) is 0 Å². The van der Waals surface area contributed by atoms with E-state index in [2.05, 4.69) is 10.2 Å². The first kappa shape index (κ1) is 14.3. The molecule has 3 aromatic rings. The van der Waals surface area contributed by atoms with E-state index in [4.69, 9.17) is 0 Å². The maximum absolute atomic E-state index is 12.5. The lowest BCUT2D eigenvalue weighted by atomic mass is 10.1. The third-order valence-electron chi connectivity index (χ3n) is 3.26. The molecule has 1 heterocycles. The standard InChI is InChI=1S/C16H12F3N3/c1-11-2-8-14(9-3-11)22-20-10-15(21-22)12-4-6-13(7-5-12)16(17,18)19/h2-10H,1H3. The van der Waals surface area contributed by atoms with Gasteiger partial charge in [-0.1, -0.05) is 29.8 Å². The highest BCUT2D eigenvalue weighted by molar-refractivity contribution is 5.58. The van der Waals surface area contributed by atoms with E-state index in [-0.39, 0.29) is 0 Å². The van der Waals surface area contributed by atoms with Crippen molar-refractivity contribution < 1.29 is 13.2 Å². The average molecular weight is 303 g/mol. The number of aryl methyl sites for hydroxylation is 1. The van der Waals surface area contributed by atoms with Gasteiger partial charge in [-0.25, -0.2) is 0 Å². The molecule has 3 nitrogen and oxygen atoms in total. The summed E-state index contributed by atoms with van der Waals surface area (Å²) >= 11 is 0. The van der Waals surface area contributed by atoms with Crippen molar-refractivity contribution in [2.75, 3.05) is 0 Å². The summed E-state index contributed by atoms with van der Waals surface area (Å²) in [6.07, 6.45) is -2.81. The highest BCUT2D eigenvalue weighted by atomic mass is 19.4. The molecule has 3 rings (SSSR count). The van der Waals surface area contributed by atoms with Gasteiger partial charge >= 0.3 is 6.18 Å². The molecule has 22 heavy (non-hydrogen) atoms. The number of halogens is 3. The molecule has 0 amide bonds. The number of hydrogen-bond acceptors (Lipinski definition) is 2. The zero-order chi connectivity index (χ0) is 15.7. The molecule has 1 aromatic heterocycles. The molecule has 0 N–H and O–H groups in total. The largest absolute Gasteiger partial charge is 0.416 e. The average Bonchev–Trinajstić information content (AvgIpc) is 2.97. The number of alkyl halides is 3. The summed E-state index contributed by atoms with van der Waals surface area (Å²) in [5.41, 5.74) is 2.35. The van der Waals surface area contributed by atoms with E-state index in [1.807, 2.05) is 31.2 Å². The maximum atomic E-state index is 12.5. The lowest BCUT2D eigenvalue weighted by molar-refractivity contribution is -0.137. The molecule has 0 unspecified atom stereocenters. The number of rotatable bonds is 2. The Kier molecular flexibility index (Phi) is 3.44. The van der Waals surface area contributed by atoms with Crippen molar-refractivity contribution >= 4 is 0 Å². The predicted octanol–water partition coefficient (Wildman–Crippen LogP) is 4.26. The van der Waals surface area contributed by atoms with Gasteiger partial charge in [0.1, 0.15) is 5.69 Å². The maximum Gasteiger partial charge on any atom is 0.416 e. The molecule has 0 bridgehead atoms. The quantitative estimate of drug-likeness (QED) is 0.708. The number of nitrogens with zero attached hydrogens (tertiary/aromatic N) is 3. The summed E-state index contributed by atoms with van der Waals surface area (Å²) in [7, 11) is 0. The molecule has 2 aromatic carbocycles. The Morgan fingerprint density at radius 2 is 1.55 bits per heavy atom. The van der Waals surface area contributed by atoms with Gasteiger partial charge in [-0.05, 0) is 31.2 Å². The molecule has 0 aliphatic carbocycles. The first-order valence-electron chi connectivity index (χ1n) is 6.60. The third kappa shape index (κ3) is 2.86. The van der Waals surface area contributed by atoms with Crippen LogP contribution in [-0.4, -0.2) is 15.0 Å². The van der Waals surface area contributed by atoms with Gasteiger partial charge in [0, 0.05) is 5.56 Å². The highest BCUT2D eigenvalue weighted by Gasteiger charge is 2.30. The van der Waals surface area contributed by atoms with Crippen LogP contribution in [0, 0.1) is 6.92 Å². The lowest BCUT2D eigenvalue weighted by Crippen LogP contribution is -2.04. The van der Waals surface area contributed by atoms with Crippen LogP contribution < -0.4 is 0 Å². The zero-order valence-corrected chi connectivity index (χ0v) is 11.7. The minimum atomic E-state index is -4.34. The van der Waals surface area contributed by atoms with Gasteiger partial charge in [0.05, 0.1) is 17.4 Å². The minimum Gasteiger partial charge on any atom is -0.166 e. The number of benzene rings is 2. The van der Waals surface area contributed by atoms with Crippen LogP contribution >= 0.6 is 0 Å². The van der Waals surface area contributed by atoms with Crippen LogP contribution in [-0.2, 0) is 6.18 Å². The van der Waals surface area contributed by atoms with Crippen molar-refractivity contribution in [3.05, 3.63) is 65.9 Å². The summed E-state index contributed by atoms with van der Waals surface area (Å²) in [5.74, 6) is 0. The first-order valence-corrected chi connectivity index (χ1v) is 6.60. The fraction of sp³-hybridized carbons (Fsp3) is 0.125. The molecule has 6 heteroatoms. The van der Waals surface area contributed by atoms with E-state index >= 15 is 0 Å². The van der Waals surface area contributed by atoms with Crippen molar-refractivity contribution in [1.29, 1.82) is 0 Å². The predicted molar refractivity (Wildman–Crippen MR) is 76.5 cm³/mol. The Balaban J connectivity index is 1.89. The molecule has 0 saturated heterocycles. The number of aromatic nitrogens is 3. The van der Waals surface area contributed by atoms with Crippen molar-refractivity contribution in [1.82, 2.24) is 15.0 Å². The van der Waals surface area contributed by atoms with E-state index < -0.39 is 11.7 Å². The smallest absolute Gasteiger partial charge is 0.166 e. The molecular weight excluding hydrogens is 291 g/mol. The monoisotopic (exact) mass is 303 g/mol. The Bertz CT molecular complexity index is 772. The zero-order valence-electron chi connectivity index (χ0n) is 11.7. The first-order chi connectivity index (χ1) is 10.4. The second-order valence-corrected chi connectivity index (χ2v) is 4.93. The lowest BCUT2D eigenvalue weighted by Gasteiger charge is -2.06. The van der Waals surface area contributed by atoms with E-state index in [9.17, 15) is 13.2 Å². The molecule has 0 fully saturated rings. The Morgan fingerprint density at radius 1 is 0.909 bits per heavy atom. The summed E-state index contributed by atoms with van der Waals surface area (Å²) in [5, 5.41) is 8.44. The van der Waals surface area contributed by atoms with Crippen LogP contribution in [0.15, 0.2) is 54.7 Å². The normalized spacial score (nSPS) is 11.6. The number of hydrogen-bond donors (Lipinski definition) is 0. The Morgan fingerprint density at radius 3 is 2.14 bits per heavy atom. The van der Waals surface area contributed by atoms with Gasteiger partial charge < -0.3 is 0 Å². The molecule has 0 aliphatic rings. The fourth-order valence-corrected chi connectivity index (χ4v) is 2.03. The second kappa shape index (κ2) is 5.29. The summed E-state index contributed by atoms with van der Waals surface area (Å²) in [4.78, 5) is 1.45. The molecule has 0 saturated carbocycles. The van der Waals surface area contributed by atoms with E-state index in [0.717, 1.165) is 23.4 Å². The van der Waals surface area contributed by atoms with Gasteiger partial charge in [-0.15, -0.1) is 5.10 Å².